The van der Waals surface area contributed by atoms with Crippen LogP contribution in [0.2, 0.25) is 0 Å². The Bertz CT molecular complexity index is 813. The summed E-state index contributed by atoms with van der Waals surface area (Å²) in [7, 11) is 1.78. The predicted molar refractivity (Wildman–Crippen MR) is 82.4 cm³/mol. The van der Waals surface area contributed by atoms with Crippen LogP contribution in [-0.4, -0.2) is 52.0 Å². The van der Waals surface area contributed by atoms with Crippen molar-refractivity contribution in [3.05, 3.63) is 29.0 Å². The molecule has 2 aromatic rings. The molecule has 0 aliphatic carbocycles. The van der Waals surface area contributed by atoms with E-state index in [1.54, 1.807) is 11.6 Å². The molecule has 0 atom stereocenters. The summed E-state index contributed by atoms with van der Waals surface area (Å²) in [6, 6.07) is 4.81. The van der Waals surface area contributed by atoms with Crippen LogP contribution in [0.25, 0.3) is 10.9 Å². The minimum absolute atomic E-state index is 0.132. The summed E-state index contributed by atoms with van der Waals surface area (Å²) in [5.74, 6) is -1.24. The summed E-state index contributed by atoms with van der Waals surface area (Å²) in [5.41, 5.74) is 1.59. The standard InChI is InChI=1S/C16H17N3O4/c1-18-12-6-10(8-17)14(20)7-11(12)15(16(21)22)13(18)9-19-2-4-23-5-3-19/h6-7,20H,2-5,9H2,1H3,(H,21,22). The van der Waals surface area contributed by atoms with Gasteiger partial charge in [-0.2, -0.15) is 5.26 Å². The van der Waals surface area contributed by atoms with E-state index in [1.165, 1.54) is 12.1 Å². The molecule has 2 heterocycles. The van der Waals surface area contributed by atoms with Gasteiger partial charge in [0.1, 0.15) is 11.8 Å². The molecule has 1 aromatic carbocycles. The Labute approximate surface area is 132 Å². The van der Waals surface area contributed by atoms with Crippen LogP contribution >= 0.6 is 0 Å². The number of aromatic carboxylic acids is 1. The number of carboxylic acid groups (broad SMARTS) is 1. The summed E-state index contributed by atoms with van der Waals surface area (Å²) in [4.78, 5) is 13.9. The molecule has 23 heavy (non-hydrogen) atoms. The van der Waals surface area contributed by atoms with Crippen LogP contribution < -0.4 is 0 Å². The molecule has 0 saturated carbocycles. The summed E-state index contributed by atoms with van der Waals surface area (Å²) >= 11 is 0. The maximum atomic E-state index is 11.8. The number of hydrogen-bond acceptors (Lipinski definition) is 5. The molecular formula is C16H17N3O4. The molecule has 0 spiro atoms. The van der Waals surface area contributed by atoms with E-state index in [9.17, 15) is 15.0 Å². The minimum atomic E-state index is -1.04. The SMILES string of the molecule is Cn1c(CN2CCOCC2)c(C(=O)O)c2cc(O)c(C#N)cc21. The van der Waals surface area contributed by atoms with Gasteiger partial charge in [0.25, 0.3) is 0 Å². The number of ether oxygens (including phenoxy) is 1. The van der Waals surface area contributed by atoms with E-state index in [-0.39, 0.29) is 16.9 Å². The summed E-state index contributed by atoms with van der Waals surface area (Å²) in [5, 5.41) is 29.0. The number of carbonyl (C=O) groups is 1. The normalized spacial score (nSPS) is 15.7. The molecule has 0 bridgehead atoms. The zero-order valence-corrected chi connectivity index (χ0v) is 12.7. The first-order chi connectivity index (χ1) is 11.0. The van der Waals surface area contributed by atoms with Crippen molar-refractivity contribution in [1.29, 1.82) is 5.26 Å². The fraction of sp³-hybridized carbons (Fsp3) is 0.375. The molecule has 0 radical (unpaired) electrons. The van der Waals surface area contributed by atoms with Crippen molar-refractivity contribution >= 4 is 16.9 Å². The topological polar surface area (TPSA) is 98.7 Å². The van der Waals surface area contributed by atoms with Crippen molar-refractivity contribution in [2.45, 2.75) is 6.54 Å². The van der Waals surface area contributed by atoms with Crippen LogP contribution in [0.4, 0.5) is 0 Å². The molecule has 120 valence electrons. The van der Waals surface area contributed by atoms with E-state index in [4.69, 9.17) is 10.00 Å². The smallest absolute Gasteiger partial charge is 0.338 e. The highest BCUT2D eigenvalue weighted by molar-refractivity contribution is 6.06. The quantitative estimate of drug-likeness (QED) is 0.885. The van der Waals surface area contributed by atoms with Crippen LogP contribution in [0.3, 0.4) is 0 Å². The lowest BCUT2D eigenvalue weighted by atomic mass is 10.1. The van der Waals surface area contributed by atoms with E-state index in [2.05, 4.69) is 4.90 Å². The number of rotatable bonds is 3. The molecule has 7 heteroatoms. The number of nitriles is 1. The summed E-state index contributed by atoms with van der Waals surface area (Å²) in [6.45, 7) is 3.24. The van der Waals surface area contributed by atoms with Crippen molar-refractivity contribution in [3.63, 3.8) is 0 Å². The molecule has 1 aliphatic rings. The third-order valence-electron chi connectivity index (χ3n) is 4.25. The molecule has 7 nitrogen and oxygen atoms in total. The minimum Gasteiger partial charge on any atom is -0.507 e. The third kappa shape index (κ3) is 2.63. The van der Waals surface area contributed by atoms with Crippen LogP contribution in [0.5, 0.6) is 5.75 Å². The molecule has 2 N–H and O–H groups in total. The van der Waals surface area contributed by atoms with Gasteiger partial charge in [-0.3, -0.25) is 4.90 Å². The van der Waals surface area contributed by atoms with E-state index in [1.807, 2.05) is 6.07 Å². The van der Waals surface area contributed by atoms with Crippen LogP contribution in [0, 0.1) is 11.3 Å². The number of phenolic OH excluding ortho intramolecular Hbond substituents is 1. The largest absolute Gasteiger partial charge is 0.507 e. The second-order valence-electron chi connectivity index (χ2n) is 5.57. The van der Waals surface area contributed by atoms with Gasteiger partial charge in [0.05, 0.1) is 29.9 Å². The zero-order chi connectivity index (χ0) is 16.6. The second kappa shape index (κ2) is 5.91. The van der Waals surface area contributed by atoms with Crippen molar-refractivity contribution in [3.8, 4) is 11.8 Å². The van der Waals surface area contributed by atoms with Gasteiger partial charge in [0.2, 0.25) is 0 Å². The first kappa shape index (κ1) is 15.3. The van der Waals surface area contributed by atoms with Gasteiger partial charge >= 0.3 is 5.97 Å². The summed E-state index contributed by atoms with van der Waals surface area (Å²) in [6.07, 6.45) is 0. The lowest BCUT2D eigenvalue weighted by Crippen LogP contribution is -2.36. The number of aromatic nitrogens is 1. The Morgan fingerprint density at radius 1 is 1.39 bits per heavy atom. The number of carboxylic acids is 1. The summed E-state index contributed by atoms with van der Waals surface area (Å²) < 4.78 is 7.10. The van der Waals surface area contributed by atoms with Crippen LogP contribution in [0.1, 0.15) is 21.6 Å². The third-order valence-corrected chi connectivity index (χ3v) is 4.25. The highest BCUT2D eigenvalue weighted by Gasteiger charge is 2.24. The number of benzene rings is 1. The van der Waals surface area contributed by atoms with Gasteiger partial charge in [-0.05, 0) is 12.1 Å². The first-order valence-electron chi connectivity index (χ1n) is 7.30. The van der Waals surface area contributed by atoms with Gasteiger partial charge < -0.3 is 19.5 Å². The number of aromatic hydroxyl groups is 1. The number of hydrogen-bond donors (Lipinski definition) is 2. The Hall–Kier alpha value is -2.56. The van der Waals surface area contributed by atoms with E-state index >= 15 is 0 Å². The molecule has 1 fully saturated rings. The van der Waals surface area contributed by atoms with Gasteiger partial charge in [0.15, 0.2) is 0 Å². The van der Waals surface area contributed by atoms with Crippen molar-refractivity contribution in [2.75, 3.05) is 26.3 Å². The number of morpholine rings is 1. The average Bonchev–Trinajstić information content (AvgIpc) is 2.79. The van der Waals surface area contributed by atoms with E-state index in [0.29, 0.717) is 36.4 Å². The van der Waals surface area contributed by atoms with Crippen LogP contribution in [0.15, 0.2) is 12.1 Å². The maximum absolute atomic E-state index is 11.8. The Kier molecular flexibility index (Phi) is 3.94. The number of aryl methyl sites for hydroxylation is 1. The van der Waals surface area contributed by atoms with E-state index < -0.39 is 5.97 Å². The van der Waals surface area contributed by atoms with Crippen molar-refractivity contribution in [1.82, 2.24) is 9.47 Å². The monoisotopic (exact) mass is 315 g/mol. The Balaban J connectivity index is 2.15. The zero-order valence-electron chi connectivity index (χ0n) is 12.7. The molecule has 3 rings (SSSR count). The molecule has 1 aromatic heterocycles. The Morgan fingerprint density at radius 2 is 2.09 bits per heavy atom. The maximum Gasteiger partial charge on any atom is 0.338 e. The highest BCUT2D eigenvalue weighted by Crippen LogP contribution is 2.31. The fourth-order valence-electron chi connectivity index (χ4n) is 3.01. The fourth-order valence-corrected chi connectivity index (χ4v) is 3.01. The van der Waals surface area contributed by atoms with Gasteiger partial charge in [0, 0.05) is 37.8 Å². The molecule has 1 aliphatic heterocycles. The van der Waals surface area contributed by atoms with Gasteiger partial charge in [-0.25, -0.2) is 4.79 Å². The lowest BCUT2D eigenvalue weighted by molar-refractivity contribution is 0.0331. The van der Waals surface area contributed by atoms with Crippen molar-refractivity contribution < 1.29 is 19.7 Å². The molecule has 0 amide bonds. The predicted octanol–water partition coefficient (Wildman–Crippen LogP) is 1.29. The second-order valence-corrected chi connectivity index (χ2v) is 5.57. The van der Waals surface area contributed by atoms with Crippen molar-refractivity contribution in [2.24, 2.45) is 7.05 Å². The highest BCUT2D eigenvalue weighted by atomic mass is 16.5. The number of fused-ring (bicyclic) bond motifs is 1. The molecule has 0 unspecified atom stereocenters. The average molecular weight is 315 g/mol. The lowest BCUT2D eigenvalue weighted by Gasteiger charge is -2.27. The van der Waals surface area contributed by atoms with Gasteiger partial charge in [-0.1, -0.05) is 0 Å². The number of nitrogens with zero attached hydrogens (tertiary/aromatic N) is 3. The van der Waals surface area contributed by atoms with Crippen LogP contribution in [-0.2, 0) is 18.3 Å². The molecule has 1 saturated heterocycles. The molecular weight excluding hydrogens is 298 g/mol. The number of phenols is 1. The first-order valence-corrected chi connectivity index (χ1v) is 7.30. The van der Waals surface area contributed by atoms with E-state index in [0.717, 1.165) is 13.1 Å². The Morgan fingerprint density at radius 3 is 2.70 bits per heavy atom. The van der Waals surface area contributed by atoms with Gasteiger partial charge in [-0.15, -0.1) is 0 Å².